The second-order valence-corrected chi connectivity index (χ2v) is 4.53. The zero-order chi connectivity index (χ0) is 12.1. The molecule has 0 fully saturated rings. The third kappa shape index (κ3) is 4.47. The Bertz CT molecular complexity index is 347. The molecule has 1 aromatic carbocycles. The Kier molecular flexibility index (Phi) is 4.53. The lowest BCUT2D eigenvalue weighted by atomic mass is 10.0. The summed E-state index contributed by atoms with van der Waals surface area (Å²) in [5, 5.41) is 0. The van der Waals surface area contributed by atoms with Crippen LogP contribution in [0.5, 0.6) is 0 Å². The fourth-order valence-corrected chi connectivity index (χ4v) is 1.78. The lowest BCUT2D eigenvalue weighted by Crippen LogP contribution is -2.11. The quantitative estimate of drug-likeness (QED) is 0.728. The first-order valence-corrected chi connectivity index (χ1v) is 5.74. The molecule has 0 unspecified atom stereocenters. The number of esters is 1. The monoisotopic (exact) mass is 220 g/mol. The third-order valence-electron chi connectivity index (χ3n) is 2.27. The fraction of sp³-hybridized carbons (Fsp3) is 0.500. The van der Waals surface area contributed by atoms with Crippen LogP contribution in [0.4, 0.5) is 0 Å². The van der Waals surface area contributed by atoms with Crippen molar-refractivity contribution in [3.63, 3.8) is 0 Å². The summed E-state index contributed by atoms with van der Waals surface area (Å²) in [7, 11) is 0. The van der Waals surface area contributed by atoms with E-state index in [1.165, 1.54) is 16.7 Å². The minimum atomic E-state index is -0.117. The molecule has 0 amide bonds. The van der Waals surface area contributed by atoms with Crippen LogP contribution in [0.15, 0.2) is 18.2 Å². The van der Waals surface area contributed by atoms with Gasteiger partial charge in [-0.1, -0.05) is 29.3 Å². The number of hydrogen-bond donors (Lipinski definition) is 0. The highest BCUT2D eigenvalue weighted by molar-refractivity contribution is 5.69. The molecule has 2 nitrogen and oxygen atoms in total. The number of rotatable bonds is 4. The number of benzene rings is 1. The zero-order valence-corrected chi connectivity index (χ0v) is 10.5. The van der Waals surface area contributed by atoms with Crippen LogP contribution in [-0.4, -0.2) is 12.1 Å². The maximum Gasteiger partial charge on any atom is 0.306 e. The van der Waals surface area contributed by atoms with Gasteiger partial charge in [0.05, 0.1) is 6.10 Å². The van der Waals surface area contributed by atoms with Gasteiger partial charge in [0.15, 0.2) is 0 Å². The molecule has 2 heteroatoms. The first kappa shape index (κ1) is 12.8. The van der Waals surface area contributed by atoms with Gasteiger partial charge in [0.2, 0.25) is 0 Å². The zero-order valence-electron chi connectivity index (χ0n) is 10.5. The predicted molar refractivity (Wildman–Crippen MR) is 65.5 cm³/mol. The standard InChI is InChI=1S/C14H20O2/c1-10(2)16-14(15)6-5-13-8-11(3)7-12(4)9-13/h7-10H,5-6H2,1-4H3. The van der Waals surface area contributed by atoms with Crippen LogP contribution in [0.3, 0.4) is 0 Å². The summed E-state index contributed by atoms with van der Waals surface area (Å²) in [6.45, 7) is 7.88. The van der Waals surface area contributed by atoms with Crippen molar-refractivity contribution in [2.75, 3.05) is 0 Å². The summed E-state index contributed by atoms with van der Waals surface area (Å²) in [6, 6.07) is 6.38. The molecule has 0 aromatic heterocycles. The van der Waals surface area contributed by atoms with Gasteiger partial charge >= 0.3 is 5.97 Å². The van der Waals surface area contributed by atoms with E-state index in [2.05, 4.69) is 32.0 Å². The van der Waals surface area contributed by atoms with Crippen molar-refractivity contribution in [1.82, 2.24) is 0 Å². The smallest absolute Gasteiger partial charge is 0.306 e. The van der Waals surface area contributed by atoms with Crippen molar-refractivity contribution in [3.8, 4) is 0 Å². The average molecular weight is 220 g/mol. The summed E-state index contributed by atoms with van der Waals surface area (Å²) in [5.74, 6) is -0.117. The Labute approximate surface area is 97.6 Å². The summed E-state index contributed by atoms with van der Waals surface area (Å²) in [6.07, 6.45) is 1.20. The van der Waals surface area contributed by atoms with Crippen LogP contribution < -0.4 is 0 Å². The van der Waals surface area contributed by atoms with E-state index in [-0.39, 0.29) is 12.1 Å². The van der Waals surface area contributed by atoms with E-state index < -0.39 is 0 Å². The average Bonchev–Trinajstić information content (AvgIpc) is 2.12. The van der Waals surface area contributed by atoms with Crippen molar-refractivity contribution in [1.29, 1.82) is 0 Å². The Morgan fingerprint density at radius 2 is 1.75 bits per heavy atom. The molecule has 0 aliphatic carbocycles. The van der Waals surface area contributed by atoms with Gasteiger partial charge in [0.25, 0.3) is 0 Å². The molecule has 0 heterocycles. The first-order valence-electron chi connectivity index (χ1n) is 5.74. The van der Waals surface area contributed by atoms with Gasteiger partial charge in [-0.3, -0.25) is 4.79 Å². The molecule has 0 saturated heterocycles. The van der Waals surface area contributed by atoms with Gasteiger partial charge in [0, 0.05) is 6.42 Å². The van der Waals surface area contributed by atoms with Crippen LogP contribution in [-0.2, 0) is 16.0 Å². The van der Waals surface area contributed by atoms with Gasteiger partial charge in [-0.25, -0.2) is 0 Å². The van der Waals surface area contributed by atoms with Crippen LogP contribution >= 0.6 is 0 Å². The first-order chi connectivity index (χ1) is 7.47. The maximum absolute atomic E-state index is 11.4. The largest absolute Gasteiger partial charge is 0.463 e. The van der Waals surface area contributed by atoms with Crippen molar-refractivity contribution in [2.45, 2.75) is 46.6 Å². The second-order valence-electron chi connectivity index (χ2n) is 4.53. The number of ether oxygens (including phenoxy) is 1. The number of carbonyl (C=O) groups is 1. The van der Waals surface area contributed by atoms with E-state index in [1.807, 2.05) is 13.8 Å². The van der Waals surface area contributed by atoms with Crippen LogP contribution in [0.2, 0.25) is 0 Å². The Balaban J connectivity index is 2.51. The van der Waals surface area contributed by atoms with Gasteiger partial charge in [-0.05, 0) is 39.7 Å². The Morgan fingerprint density at radius 3 is 2.25 bits per heavy atom. The molecule has 0 atom stereocenters. The van der Waals surface area contributed by atoms with Gasteiger partial charge in [0.1, 0.15) is 0 Å². The molecule has 0 aliphatic rings. The molecule has 0 N–H and O–H groups in total. The Hall–Kier alpha value is -1.31. The van der Waals surface area contributed by atoms with Crippen molar-refractivity contribution < 1.29 is 9.53 Å². The second kappa shape index (κ2) is 5.69. The van der Waals surface area contributed by atoms with Crippen molar-refractivity contribution in [2.24, 2.45) is 0 Å². The molecular weight excluding hydrogens is 200 g/mol. The van der Waals surface area contributed by atoms with E-state index in [0.717, 1.165) is 6.42 Å². The molecule has 0 aliphatic heterocycles. The molecular formula is C14H20O2. The SMILES string of the molecule is Cc1cc(C)cc(CCC(=O)OC(C)C)c1. The molecule has 0 bridgehead atoms. The van der Waals surface area contributed by atoms with E-state index in [4.69, 9.17) is 4.74 Å². The van der Waals surface area contributed by atoms with Crippen LogP contribution in [0.25, 0.3) is 0 Å². The molecule has 16 heavy (non-hydrogen) atoms. The summed E-state index contributed by atoms with van der Waals surface area (Å²) < 4.78 is 5.09. The molecule has 1 aromatic rings. The lowest BCUT2D eigenvalue weighted by molar-refractivity contribution is -0.147. The predicted octanol–water partition coefficient (Wildman–Crippen LogP) is 3.19. The highest BCUT2D eigenvalue weighted by Crippen LogP contribution is 2.11. The minimum absolute atomic E-state index is 0.0215. The molecule has 0 saturated carbocycles. The van der Waals surface area contributed by atoms with E-state index in [0.29, 0.717) is 6.42 Å². The number of aryl methyl sites for hydroxylation is 3. The van der Waals surface area contributed by atoms with E-state index >= 15 is 0 Å². The summed E-state index contributed by atoms with van der Waals surface area (Å²) >= 11 is 0. The van der Waals surface area contributed by atoms with Gasteiger partial charge < -0.3 is 4.74 Å². The van der Waals surface area contributed by atoms with E-state index in [9.17, 15) is 4.79 Å². The summed E-state index contributed by atoms with van der Waals surface area (Å²) in [4.78, 5) is 11.4. The fourth-order valence-electron chi connectivity index (χ4n) is 1.78. The highest BCUT2D eigenvalue weighted by Gasteiger charge is 2.06. The lowest BCUT2D eigenvalue weighted by Gasteiger charge is -2.08. The molecule has 1 rings (SSSR count). The minimum Gasteiger partial charge on any atom is -0.463 e. The molecule has 0 radical (unpaired) electrons. The van der Waals surface area contributed by atoms with Crippen molar-refractivity contribution in [3.05, 3.63) is 34.9 Å². The van der Waals surface area contributed by atoms with Gasteiger partial charge in [-0.15, -0.1) is 0 Å². The topological polar surface area (TPSA) is 26.3 Å². The normalized spacial score (nSPS) is 10.6. The Morgan fingerprint density at radius 1 is 1.19 bits per heavy atom. The van der Waals surface area contributed by atoms with Gasteiger partial charge in [-0.2, -0.15) is 0 Å². The van der Waals surface area contributed by atoms with E-state index in [1.54, 1.807) is 0 Å². The van der Waals surface area contributed by atoms with Crippen LogP contribution in [0.1, 0.15) is 37.0 Å². The highest BCUT2D eigenvalue weighted by atomic mass is 16.5. The molecule has 0 spiro atoms. The summed E-state index contributed by atoms with van der Waals surface area (Å²) in [5.41, 5.74) is 3.69. The number of hydrogen-bond acceptors (Lipinski definition) is 2. The number of carbonyl (C=O) groups excluding carboxylic acids is 1. The third-order valence-corrected chi connectivity index (χ3v) is 2.27. The maximum atomic E-state index is 11.4. The molecule has 88 valence electrons. The van der Waals surface area contributed by atoms with Crippen molar-refractivity contribution >= 4 is 5.97 Å². The van der Waals surface area contributed by atoms with Crippen LogP contribution in [0, 0.1) is 13.8 Å².